The van der Waals surface area contributed by atoms with Gasteiger partial charge < -0.3 is 4.90 Å². The van der Waals surface area contributed by atoms with E-state index in [9.17, 15) is 4.79 Å². The Labute approximate surface area is 109 Å². The van der Waals surface area contributed by atoms with Gasteiger partial charge in [-0.2, -0.15) is 0 Å². The lowest BCUT2D eigenvalue weighted by Crippen LogP contribution is -2.14. The third-order valence-electron chi connectivity index (χ3n) is 2.37. The summed E-state index contributed by atoms with van der Waals surface area (Å²) in [6.07, 6.45) is 0. The molecule has 2 rings (SSSR count). The van der Waals surface area contributed by atoms with Crippen molar-refractivity contribution in [3.05, 3.63) is 34.8 Å². The van der Waals surface area contributed by atoms with Gasteiger partial charge in [-0.3, -0.25) is 10.1 Å². The summed E-state index contributed by atoms with van der Waals surface area (Å²) in [7, 11) is 3.87. The number of nitrogens with zero attached hydrogens (tertiary/aromatic N) is 3. The Hall–Kier alpha value is -1.95. The lowest BCUT2D eigenvalue weighted by Gasteiger charge is -2.13. The highest BCUT2D eigenvalue weighted by Gasteiger charge is 2.09. The smallest absolute Gasteiger partial charge is 0.257 e. The first kappa shape index (κ1) is 12.5. The van der Waals surface area contributed by atoms with Crippen molar-refractivity contribution >= 4 is 28.1 Å². The van der Waals surface area contributed by atoms with E-state index in [1.807, 2.05) is 44.1 Å². The molecule has 0 fully saturated rings. The quantitative estimate of drug-likeness (QED) is 0.921. The molecular formula is C12H14N4OS. The van der Waals surface area contributed by atoms with E-state index in [0.717, 1.165) is 10.7 Å². The van der Waals surface area contributed by atoms with Crippen LogP contribution in [-0.2, 0) is 0 Å². The largest absolute Gasteiger partial charge is 0.378 e. The highest BCUT2D eigenvalue weighted by molar-refractivity contribution is 7.15. The lowest BCUT2D eigenvalue weighted by atomic mass is 10.2. The van der Waals surface area contributed by atoms with Gasteiger partial charge in [0.15, 0.2) is 0 Å². The highest BCUT2D eigenvalue weighted by Crippen LogP contribution is 2.17. The summed E-state index contributed by atoms with van der Waals surface area (Å²) >= 11 is 1.36. The number of nitrogens with one attached hydrogen (secondary N) is 1. The van der Waals surface area contributed by atoms with Gasteiger partial charge in [-0.05, 0) is 25.1 Å². The molecule has 2 aromatic rings. The Kier molecular flexibility index (Phi) is 3.57. The molecule has 0 aliphatic rings. The maximum Gasteiger partial charge on any atom is 0.257 e. The van der Waals surface area contributed by atoms with Crippen molar-refractivity contribution in [1.82, 2.24) is 10.2 Å². The molecule has 0 atom stereocenters. The van der Waals surface area contributed by atoms with Crippen molar-refractivity contribution < 1.29 is 4.79 Å². The van der Waals surface area contributed by atoms with Gasteiger partial charge in [0.25, 0.3) is 5.91 Å². The molecule has 6 heteroatoms. The number of carbonyl (C=O) groups excluding carboxylic acids is 1. The van der Waals surface area contributed by atoms with Crippen LogP contribution in [0.25, 0.3) is 0 Å². The molecule has 0 spiro atoms. The standard InChI is InChI=1S/C12H14N4OS/c1-8-14-15-12(18-8)13-11(17)9-5-4-6-10(7-9)16(2)3/h4-7H,1-3H3,(H,13,15,17). The minimum atomic E-state index is -0.171. The Morgan fingerprint density at radius 1 is 1.33 bits per heavy atom. The van der Waals surface area contributed by atoms with Gasteiger partial charge in [0.05, 0.1) is 0 Å². The van der Waals surface area contributed by atoms with Gasteiger partial charge in [-0.25, -0.2) is 0 Å². The average Bonchev–Trinajstić information content (AvgIpc) is 2.75. The fourth-order valence-corrected chi connectivity index (χ4v) is 2.03. The third kappa shape index (κ3) is 2.84. The van der Waals surface area contributed by atoms with E-state index < -0.39 is 0 Å². The van der Waals surface area contributed by atoms with E-state index in [1.54, 1.807) is 6.07 Å². The first-order valence-electron chi connectivity index (χ1n) is 5.45. The number of anilines is 2. The molecule has 0 aliphatic heterocycles. The molecule has 1 N–H and O–H groups in total. The molecule has 1 aromatic carbocycles. The van der Waals surface area contributed by atoms with Crippen molar-refractivity contribution in [1.29, 1.82) is 0 Å². The Morgan fingerprint density at radius 2 is 2.11 bits per heavy atom. The van der Waals surface area contributed by atoms with Crippen LogP contribution >= 0.6 is 11.3 Å². The molecule has 18 heavy (non-hydrogen) atoms. The summed E-state index contributed by atoms with van der Waals surface area (Å²) in [6, 6.07) is 7.42. The molecule has 0 saturated carbocycles. The summed E-state index contributed by atoms with van der Waals surface area (Å²) in [4.78, 5) is 14.0. The number of hydrogen-bond donors (Lipinski definition) is 1. The molecule has 1 aromatic heterocycles. The Balaban J connectivity index is 2.16. The summed E-state index contributed by atoms with van der Waals surface area (Å²) in [6.45, 7) is 1.85. The predicted molar refractivity (Wildman–Crippen MR) is 73.4 cm³/mol. The second-order valence-electron chi connectivity index (χ2n) is 4.03. The number of carbonyl (C=O) groups is 1. The zero-order valence-corrected chi connectivity index (χ0v) is 11.3. The van der Waals surface area contributed by atoms with E-state index in [-0.39, 0.29) is 5.91 Å². The van der Waals surface area contributed by atoms with Crippen LogP contribution in [0.3, 0.4) is 0 Å². The molecule has 0 aliphatic carbocycles. The monoisotopic (exact) mass is 262 g/mol. The zero-order chi connectivity index (χ0) is 13.1. The molecule has 5 nitrogen and oxygen atoms in total. The van der Waals surface area contributed by atoms with E-state index in [0.29, 0.717) is 10.7 Å². The number of aromatic nitrogens is 2. The van der Waals surface area contributed by atoms with Crippen molar-refractivity contribution in [3.8, 4) is 0 Å². The summed E-state index contributed by atoms with van der Waals surface area (Å²) < 4.78 is 0. The van der Waals surface area contributed by atoms with Gasteiger partial charge >= 0.3 is 0 Å². The lowest BCUT2D eigenvalue weighted by molar-refractivity contribution is 0.102. The summed E-state index contributed by atoms with van der Waals surface area (Å²) in [5.74, 6) is -0.171. The van der Waals surface area contributed by atoms with E-state index in [4.69, 9.17) is 0 Å². The van der Waals surface area contributed by atoms with Gasteiger partial charge in [0.1, 0.15) is 5.01 Å². The van der Waals surface area contributed by atoms with Crippen LogP contribution in [0.15, 0.2) is 24.3 Å². The number of hydrogen-bond acceptors (Lipinski definition) is 5. The van der Waals surface area contributed by atoms with E-state index in [2.05, 4.69) is 15.5 Å². The zero-order valence-electron chi connectivity index (χ0n) is 10.5. The predicted octanol–water partition coefficient (Wildman–Crippen LogP) is 2.16. The topological polar surface area (TPSA) is 58.1 Å². The maximum atomic E-state index is 12.0. The van der Waals surface area contributed by atoms with Gasteiger partial charge in [-0.15, -0.1) is 10.2 Å². The highest BCUT2D eigenvalue weighted by atomic mass is 32.1. The van der Waals surface area contributed by atoms with Crippen LogP contribution in [0.2, 0.25) is 0 Å². The fourth-order valence-electron chi connectivity index (χ4n) is 1.44. The summed E-state index contributed by atoms with van der Waals surface area (Å²) in [5, 5.41) is 11.8. The molecule has 1 heterocycles. The van der Waals surface area contributed by atoms with Gasteiger partial charge in [0, 0.05) is 25.3 Å². The van der Waals surface area contributed by atoms with Crippen molar-refractivity contribution in [2.24, 2.45) is 0 Å². The van der Waals surface area contributed by atoms with Crippen LogP contribution in [0.5, 0.6) is 0 Å². The minimum Gasteiger partial charge on any atom is -0.378 e. The maximum absolute atomic E-state index is 12.0. The van der Waals surface area contributed by atoms with Gasteiger partial charge in [0.2, 0.25) is 5.13 Å². The second-order valence-corrected chi connectivity index (χ2v) is 5.21. The first-order valence-corrected chi connectivity index (χ1v) is 6.27. The van der Waals surface area contributed by atoms with E-state index in [1.165, 1.54) is 11.3 Å². The first-order chi connectivity index (χ1) is 8.56. The molecule has 0 unspecified atom stereocenters. The number of aryl methyl sites for hydroxylation is 1. The van der Waals surface area contributed by atoms with Crippen LogP contribution in [0.1, 0.15) is 15.4 Å². The van der Waals surface area contributed by atoms with Gasteiger partial charge in [-0.1, -0.05) is 17.4 Å². The Morgan fingerprint density at radius 3 is 2.72 bits per heavy atom. The second kappa shape index (κ2) is 5.14. The normalized spacial score (nSPS) is 10.2. The summed E-state index contributed by atoms with van der Waals surface area (Å²) in [5.41, 5.74) is 1.59. The SMILES string of the molecule is Cc1nnc(NC(=O)c2cccc(N(C)C)c2)s1. The Bertz CT molecular complexity index is 565. The fraction of sp³-hybridized carbons (Fsp3) is 0.250. The van der Waals surface area contributed by atoms with Crippen LogP contribution in [-0.4, -0.2) is 30.2 Å². The van der Waals surface area contributed by atoms with Crippen LogP contribution in [0.4, 0.5) is 10.8 Å². The number of amides is 1. The average molecular weight is 262 g/mol. The van der Waals surface area contributed by atoms with Crippen molar-refractivity contribution in [2.45, 2.75) is 6.92 Å². The molecule has 94 valence electrons. The molecule has 0 bridgehead atoms. The van der Waals surface area contributed by atoms with Crippen molar-refractivity contribution in [3.63, 3.8) is 0 Å². The van der Waals surface area contributed by atoms with Crippen molar-refractivity contribution in [2.75, 3.05) is 24.3 Å². The molecular weight excluding hydrogens is 248 g/mol. The third-order valence-corrected chi connectivity index (χ3v) is 3.13. The van der Waals surface area contributed by atoms with Crippen LogP contribution in [0, 0.1) is 6.92 Å². The number of rotatable bonds is 3. The molecule has 0 saturated heterocycles. The molecule has 0 radical (unpaired) electrons. The van der Waals surface area contributed by atoms with Crippen LogP contribution < -0.4 is 10.2 Å². The number of benzene rings is 1. The molecule has 1 amide bonds. The minimum absolute atomic E-state index is 0.171. The van der Waals surface area contributed by atoms with E-state index >= 15 is 0 Å².